The number of anilines is 3. The summed E-state index contributed by atoms with van der Waals surface area (Å²) in [5, 5.41) is 11.8. The van der Waals surface area contributed by atoms with E-state index in [1.807, 2.05) is 19.1 Å². The summed E-state index contributed by atoms with van der Waals surface area (Å²) in [7, 11) is 0. The van der Waals surface area contributed by atoms with Crippen LogP contribution in [0.2, 0.25) is 0 Å². The summed E-state index contributed by atoms with van der Waals surface area (Å²) in [4.78, 5) is 4.13. The number of aromatic nitrogens is 1. The van der Waals surface area contributed by atoms with E-state index in [9.17, 15) is 13.2 Å². The van der Waals surface area contributed by atoms with Crippen LogP contribution in [-0.2, 0) is 0 Å². The molecule has 0 radical (unpaired) electrons. The van der Waals surface area contributed by atoms with Gasteiger partial charge >= 0.3 is 6.68 Å². The van der Waals surface area contributed by atoms with Crippen molar-refractivity contribution in [2.45, 2.75) is 20.5 Å². The average molecular weight is 382 g/mol. The number of nitrogen functional groups attached to an aromatic ring is 3. The van der Waals surface area contributed by atoms with Gasteiger partial charge in [-0.1, -0.05) is 6.07 Å². The van der Waals surface area contributed by atoms with E-state index < -0.39 is 6.68 Å². The number of halogens is 3. The van der Waals surface area contributed by atoms with Gasteiger partial charge in [-0.25, -0.2) is 4.98 Å². The fourth-order valence-corrected chi connectivity index (χ4v) is 3.16. The van der Waals surface area contributed by atoms with Crippen LogP contribution in [0.5, 0.6) is 0 Å². The maximum atomic E-state index is 9.67. The summed E-state index contributed by atoms with van der Waals surface area (Å²) < 4.78 is 30.2. The molecule has 2 aromatic heterocycles. The van der Waals surface area contributed by atoms with Crippen LogP contribution in [-0.4, -0.2) is 11.7 Å². The molecular weight excluding hydrogens is 365 g/mol. The Hall–Kier alpha value is -2.88. The van der Waals surface area contributed by atoms with Crippen LogP contribution in [0, 0.1) is 13.8 Å². The van der Waals surface area contributed by atoms with E-state index in [1.54, 1.807) is 18.3 Å². The Balaban J connectivity index is 0.000000552. The van der Waals surface area contributed by atoms with Gasteiger partial charge in [-0.3, -0.25) is 0 Å². The van der Waals surface area contributed by atoms with Crippen molar-refractivity contribution in [2.24, 2.45) is 10.2 Å². The van der Waals surface area contributed by atoms with Gasteiger partial charge in [0.2, 0.25) is 0 Å². The number of nitrogens with zero attached hydrogens (tertiary/aromatic N) is 3. The van der Waals surface area contributed by atoms with Crippen molar-refractivity contribution in [1.82, 2.24) is 4.98 Å². The van der Waals surface area contributed by atoms with Crippen LogP contribution in [0.3, 0.4) is 0 Å². The van der Waals surface area contributed by atoms with Gasteiger partial charge in [0.05, 0.1) is 22.8 Å². The lowest BCUT2D eigenvalue weighted by molar-refractivity contribution is 0.00819. The van der Waals surface area contributed by atoms with E-state index in [0.717, 1.165) is 11.3 Å². The maximum absolute atomic E-state index is 9.67. The number of pyridine rings is 1. The van der Waals surface area contributed by atoms with E-state index >= 15 is 0 Å². The van der Waals surface area contributed by atoms with E-state index in [1.165, 1.54) is 10.1 Å². The monoisotopic (exact) mass is 382 g/mol. The van der Waals surface area contributed by atoms with Crippen molar-refractivity contribution < 1.29 is 13.2 Å². The van der Waals surface area contributed by atoms with Gasteiger partial charge in [0.15, 0.2) is 0 Å². The molecule has 0 aliphatic heterocycles. The van der Waals surface area contributed by atoms with Gasteiger partial charge in [-0.15, -0.1) is 16.5 Å². The summed E-state index contributed by atoms with van der Waals surface area (Å²) in [5.74, 6) is 0.213. The van der Waals surface area contributed by atoms with Gasteiger partial charge in [0.25, 0.3) is 0 Å². The molecule has 6 N–H and O–H groups in total. The number of hydrogen-bond donors (Lipinski definition) is 3. The molecule has 0 saturated carbocycles. The topological polar surface area (TPSA) is 116 Å². The van der Waals surface area contributed by atoms with Gasteiger partial charge < -0.3 is 17.2 Å². The van der Waals surface area contributed by atoms with Crippen molar-refractivity contribution >= 4 is 50.0 Å². The molecular formula is C16H17F3N6S. The lowest BCUT2D eigenvalue weighted by Crippen LogP contribution is -2.04. The molecule has 138 valence electrons. The fourth-order valence-electron chi connectivity index (χ4n) is 2.26. The second-order valence-corrected chi connectivity index (χ2v) is 6.17. The summed E-state index contributed by atoms with van der Waals surface area (Å²) in [6, 6.07) is 6.05. The molecule has 0 spiro atoms. The predicted molar refractivity (Wildman–Crippen MR) is 100 cm³/mol. The Kier molecular flexibility index (Phi) is 5.98. The number of benzene rings is 1. The molecule has 10 heteroatoms. The minimum atomic E-state index is -3.67. The number of azo groups is 1. The fraction of sp³-hybridized carbons (Fsp3) is 0.188. The molecule has 0 bridgehead atoms. The third-order valence-electron chi connectivity index (χ3n) is 3.55. The lowest BCUT2D eigenvalue weighted by Gasteiger charge is -2.08. The molecule has 0 aliphatic rings. The average Bonchev–Trinajstić information content (AvgIpc) is 3.03. The van der Waals surface area contributed by atoms with Crippen molar-refractivity contribution in [3.05, 3.63) is 34.8 Å². The number of fused-ring (bicyclic) bond motifs is 1. The van der Waals surface area contributed by atoms with Crippen LogP contribution in [0.4, 0.5) is 41.7 Å². The predicted octanol–water partition coefficient (Wildman–Crippen LogP) is 5.25. The normalized spacial score (nSPS) is 11.2. The first kappa shape index (κ1) is 19.4. The third-order valence-corrected chi connectivity index (χ3v) is 4.60. The summed E-state index contributed by atoms with van der Waals surface area (Å²) >= 11 is 1.69. The molecule has 0 fully saturated rings. The molecule has 2 heterocycles. The summed E-state index contributed by atoms with van der Waals surface area (Å²) in [5.41, 5.74) is 20.9. The van der Waals surface area contributed by atoms with Crippen LogP contribution in [0.1, 0.15) is 11.3 Å². The molecule has 3 aromatic rings. The Morgan fingerprint density at radius 1 is 1.00 bits per heavy atom. The Morgan fingerprint density at radius 3 is 2.31 bits per heavy atom. The highest BCUT2D eigenvalue weighted by Gasteiger charge is 2.12. The first-order valence-corrected chi connectivity index (χ1v) is 8.22. The van der Waals surface area contributed by atoms with Crippen LogP contribution in [0.15, 0.2) is 33.8 Å². The molecule has 1 aromatic carbocycles. The number of hydrogen-bond acceptors (Lipinski definition) is 7. The van der Waals surface area contributed by atoms with Crippen molar-refractivity contribution in [3.63, 3.8) is 0 Å². The van der Waals surface area contributed by atoms with Crippen molar-refractivity contribution in [2.75, 3.05) is 17.2 Å². The number of thiophene rings is 1. The van der Waals surface area contributed by atoms with E-state index in [2.05, 4.69) is 26.7 Å². The van der Waals surface area contributed by atoms with Crippen LogP contribution < -0.4 is 17.2 Å². The zero-order chi connectivity index (χ0) is 19.4. The Bertz CT molecular complexity index is 952. The van der Waals surface area contributed by atoms with E-state index in [-0.39, 0.29) is 11.5 Å². The standard InChI is InChI=1S/C15H16N6S.CHF3/c1-7-10(4-3-9-5-6-22-14(7)9)20-21-13-8(2)19-15(18)12(17)11(13)16;2-1(3)4/h3-6H,17H2,1-2H3,(H4,16,18,19);1H. The zero-order valence-electron chi connectivity index (χ0n) is 14.0. The van der Waals surface area contributed by atoms with Gasteiger partial charge in [0, 0.05) is 4.70 Å². The second-order valence-electron chi connectivity index (χ2n) is 5.25. The number of aryl methyl sites for hydroxylation is 2. The highest BCUT2D eigenvalue weighted by molar-refractivity contribution is 7.17. The second kappa shape index (κ2) is 8.00. The highest BCUT2D eigenvalue weighted by Crippen LogP contribution is 2.36. The highest BCUT2D eigenvalue weighted by atomic mass is 32.1. The SMILES string of the molecule is Cc1nc(N)c(N)c(N)c1N=Nc1ccc2ccsc2c1C.FC(F)F. The first-order valence-electron chi connectivity index (χ1n) is 7.34. The molecule has 0 unspecified atom stereocenters. The van der Waals surface area contributed by atoms with Gasteiger partial charge in [-0.2, -0.15) is 18.3 Å². The minimum Gasteiger partial charge on any atom is -0.395 e. The summed E-state index contributed by atoms with van der Waals surface area (Å²) in [6.07, 6.45) is 0. The molecule has 3 rings (SSSR count). The van der Waals surface area contributed by atoms with Gasteiger partial charge in [0.1, 0.15) is 11.5 Å². The molecule has 6 nitrogen and oxygen atoms in total. The molecule has 0 amide bonds. The Morgan fingerprint density at radius 2 is 1.65 bits per heavy atom. The quantitative estimate of drug-likeness (QED) is 0.525. The lowest BCUT2D eigenvalue weighted by atomic mass is 10.1. The molecule has 26 heavy (non-hydrogen) atoms. The Labute approximate surface area is 151 Å². The number of alkyl halides is 3. The largest absolute Gasteiger partial charge is 0.395 e. The molecule has 0 atom stereocenters. The summed E-state index contributed by atoms with van der Waals surface area (Å²) in [6.45, 7) is 0.134. The van der Waals surface area contributed by atoms with E-state index in [0.29, 0.717) is 17.1 Å². The van der Waals surface area contributed by atoms with E-state index in [4.69, 9.17) is 17.2 Å². The maximum Gasteiger partial charge on any atom is 0.379 e. The van der Waals surface area contributed by atoms with Crippen molar-refractivity contribution in [1.29, 1.82) is 0 Å². The zero-order valence-corrected chi connectivity index (χ0v) is 14.8. The molecule has 0 aliphatic carbocycles. The minimum absolute atomic E-state index is 0.213. The smallest absolute Gasteiger partial charge is 0.379 e. The van der Waals surface area contributed by atoms with Crippen molar-refractivity contribution in [3.8, 4) is 0 Å². The number of rotatable bonds is 2. The van der Waals surface area contributed by atoms with Crippen LogP contribution >= 0.6 is 11.3 Å². The third kappa shape index (κ3) is 4.20. The van der Waals surface area contributed by atoms with Gasteiger partial charge in [-0.05, 0) is 42.3 Å². The number of nitrogens with two attached hydrogens (primary N) is 3. The first-order chi connectivity index (χ1) is 12.2. The van der Waals surface area contributed by atoms with Crippen LogP contribution in [0.25, 0.3) is 10.1 Å². The molecule has 0 saturated heterocycles.